The number of rotatable bonds is 4. The minimum Gasteiger partial charge on any atom is -0.441 e. The first-order valence-corrected chi connectivity index (χ1v) is 7.15. The molecule has 0 spiro atoms. The fourth-order valence-electron chi connectivity index (χ4n) is 1.63. The molecule has 1 amide bonds. The van der Waals surface area contributed by atoms with Crippen LogP contribution in [0.3, 0.4) is 0 Å². The van der Waals surface area contributed by atoms with E-state index in [1.165, 1.54) is 4.90 Å². The van der Waals surface area contributed by atoms with Gasteiger partial charge >= 0.3 is 6.09 Å². The molecule has 1 atom stereocenters. The van der Waals surface area contributed by atoms with Crippen molar-refractivity contribution in [3.63, 3.8) is 0 Å². The van der Waals surface area contributed by atoms with Crippen LogP contribution in [0.2, 0.25) is 0 Å². The van der Waals surface area contributed by atoms with Gasteiger partial charge in [-0.1, -0.05) is 18.2 Å². The summed E-state index contributed by atoms with van der Waals surface area (Å²) in [6.07, 6.45) is -0.116. The summed E-state index contributed by atoms with van der Waals surface area (Å²) in [7, 11) is -3.52. The first-order valence-electron chi connectivity index (χ1n) is 5.33. The molecule has 0 saturated carbocycles. The number of hydrogen-bond acceptors (Lipinski definition) is 5. The number of benzene rings is 1. The van der Waals surface area contributed by atoms with E-state index in [-0.39, 0.29) is 13.2 Å². The van der Waals surface area contributed by atoms with E-state index in [2.05, 4.69) is 4.18 Å². The molecular formula is C11H13NO5S. The lowest BCUT2D eigenvalue weighted by molar-refractivity contribution is 0.107. The smallest absolute Gasteiger partial charge is 0.414 e. The fraction of sp³-hybridized carbons (Fsp3) is 0.364. The molecule has 7 heteroatoms. The number of ether oxygens (including phenoxy) is 1. The molecule has 1 aliphatic rings. The number of anilines is 1. The molecule has 0 radical (unpaired) electrons. The van der Waals surface area contributed by atoms with Gasteiger partial charge in [-0.3, -0.25) is 9.08 Å². The summed E-state index contributed by atoms with van der Waals surface area (Å²) in [4.78, 5) is 13.0. The van der Waals surface area contributed by atoms with Crippen LogP contribution in [0, 0.1) is 0 Å². The monoisotopic (exact) mass is 271 g/mol. The molecule has 98 valence electrons. The van der Waals surface area contributed by atoms with Gasteiger partial charge in [0.1, 0.15) is 12.7 Å². The zero-order chi connectivity index (χ0) is 13.2. The Hall–Kier alpha value is -1.60. The second-order valence-electron chi connectivity index (χ2n) is 3.94. The SMILES string of the molecule is CS(=O)(=O)OCC1CN(c2ccccc2)C(=O)O1. The predicted molar refractivity (Wildman–Crippen MR) is 64.9 cm³/mol. The molecule has 1 aliphatic heterocycles. The van der Waals surface area contributed by atoms with E-state index >= 15 is 0 Å². The molecule has 1 unspecified atom stereocenters. The second-order valence-corrected chi connectivity index (χ2v) is 5.58. The van der Waals surface area contributed by atoms with Crippen LogP contribution in [0.15, 0.2) is 30.3 Å². The number of hydrogen-bond donors (Lipinski definition) is 0. The van der Waals surface area contributed by atoms with Gasteiger partial charge < -0.3 is 4.74 Å². The Labute approximate surface area is 105 Å². The van der Waals surface area contributed by atoms with Crippen molar-refractivity contribution < 1.29 is 22.1 Å². The van der Waals surface area contributed by atoms with Gasteiger partial charge in [0.15, 0.2) is 0 Å². The molecule has 0 N–H and O–H groups in total. The lowest BCUT2D eigenvalue weighted by Crippen LogP contribution is -2.26. The van der Waals surface area contributed by atoms with E-state index in [9.17, 15) is 13.2 Å². The third-order valence-corrected chi connectivity index (χ3v) is 2.97. The Kier molecular flexibility index (Phi) is 3.53. The predicted octanol–water partition coefficient (Wildman–Crippen LogP) is 0.988. The van der Waals surface area contributed by atoms with Crippen LogP contribution in [-0.2, 0) is 19.0 Å². The van der Waals surface area contributed by atoms with E-state index in [1.54, 1.807) is 12.1 Å². The number of carbonyl (C=O) groups is 1. The Balaban J connectivity index is 1.99. The van der Waals surface area contributed by atoms with Gasteiger partial charge in [-0.25, -0.2) is 4.79 Å². The van der Waals surface area contributed by atoms with Crippen LogP contribution in [0.1, 0.15) is 0 Å². The van der Waals surface area contributed by atoms with Gasteiger partial charge in [0.05, 0.1) is 12.8 Å². The van der Waals surface area contributed by atoms with Crippen molar-refractivity contribution in [2.24, 2.45) is 0 Å². The standard InChI is InChI=1S/C11H13NO5S/c1-18(14,15)16-8-10-7-12(11(13)17-10)9-5-3-2-4-6-9/h2-6,10H,7-8H2,1H3. The number of cyclic esters (lactones) is 1. The lowest BCUT2D eigenvalue weighted by atomic mass is 10.3. The van der Waals surface area contributed by atoms with Gasteiger partial charge in [-0.15, -0.1) is 0 Å². The Morgan fingerprint density at radius 2 is 2.06 bits per heavy atom. The third kappa shape index (κ3) is 3.21. The fourth-order valence-corrected chi connectivity index (χ4v) is 2.03. The molecular weight excluding hydrogens is 258 g/mol. The Bertz CT molecular complexity index is 528. The summed E-state index contributed by atoms with van der Waals surface area (Å²) in [6.45, 7) is 0.117. The molecule has 1 aromatic carbocycles. The van der Waals surface area contributed by atoms with Gasteiger partial charge in [0.25, 0.3) is 10.1 Å². The largest absolute Gasteiger partial charge is 0.441 e. The highest BCUT2D eigenvalue weighted by Gasteiger charge is 2.33. The van der Waals surface area contributed by atoms with E-state index in [0.29, 0.717) is 5.69 Å². The van der Waals surface area contributed by atoms with Crippen molar-refractivity contribution in [1.82, 2.24) is 0 Å². The molecule has 1 fully saturated rings. The van der Waals surface area contributed by atoms with Crippen LogP contribution < -0.4 is 4.90 Å². The van der Waals surface area contributed by atoms with Gasteiger partial charge in [0.2, 0.25) is 0 Å². The second kappa shape index (κ2) is 4.95. The van der Waals surface area contributed by atoms with Crippen LogP contribution in [0.25, 0.3) is 0 Å². The van der Waals surface area contributed by atoms with Crippen LogP contribution in [0.4, 0.5) is 10.5 Å². The summed E-state index contributed by atoms with van der Waals surface area (Å²) in [5, 5.41) is 0. The Morgan fingerprint density at radius 1 is 1.39 bits per heavy atom. The highest BCUT2D eigenvalue weighted by molar-refractivity contribution is 7.85. The maximum atomic E-state index is 11.6. The highest BCUT2D eigenvalue weighted by atomic mass is 32.2. The van der Waals surface area contributed by atoms with Crippen molar-refractivity contribution in [2.75, 3.05) is 24.3 Å². The van der Waals surface area contributed by atoms with Crippen molar-refractivity contribution >= 4 is 21.9 Å². The van der Waals surface area contributed by atoms with Gasteiger partial charge in [-0.2, -0.15) is 8.42 Å². The molecule has 0 bridgehead atoms. The Morgan fingerprint density at radius 3 is 2.67 bits per heavy atom. The van der Waals surface area contributed by atoms with Crippen LogP contribution in [0.5, 0.6) is 0 Å². The minimum atomic E-state index is -3.52. The number of nitrogens with zero attached hydrogens (tertiary/aromatic N) is 1. The van der Waals surface area contributed by atoms with Crippen molar-refractivity contribution in [3.05, 3.63) is 30.3 Å². The summed E-state index contributed by atoms with van der Waals surface area (Å²) >= 11 is 0. The molecule has 18 heavy (non-hydrogen) atoms. The summed E-state index contributed by atoms with van der Waals surface area (Å²) in [5.41, 5.74) is 0.712. The lowest BCUT2D eigenvalue weighted by Gasteiger charge is -2.12. The topological polar surface area (TPSA) is 72.9 Å². The quantitative estimate of drug-likeness (QED) is 0.763. The molecule has 2 rings (SSSR count). The molecule has 0 aliphatic carbocycles. The number of carbonyl (C=O) groups excluding carboxylic acids is 1. The first kappa shape index (κ1) is 12.8. The van der Waals surface area contributed by atoms with E-state index < -0.39 is 22.3 Å². The van der Waals surface area contributed by atoms with E-state index in [1.807, 2.05) is 18.2 Å². The molecule has 1 saturated heterocycles. The number of para-hydroxylation sites is 1. The van der Waals surface area contributed by atoms with Gasteiger partial charge in [0, 0.05) is 5.69 Å². The van der Waals surface area contributed by atoms with Crippen LogP contribution >= 0.6 is 0 Å². The average molecular weight is 271 g/mol. The molecule has 0 aromatic heterocycles. The third-order valence-electron chi connectivity index (χ3n) is 2.41. The highest BCUT2D eigenvalue weighted by Crippen LogP contribution is 2.21. The zero-order valence-electron chi connectivity index (χ0n) is 9.78. The summed E-state index contributed by atoms with van der Waals surface area (Å²) in [6, 6.07) is 9.02. The van der Waals surface area contributed by atoms with Crippen molar-refractivity contribution in [2.45, 2.75) is 6.10 Å². The average Bonchev–Trinajstić information content (AvgIpc) is 2.68. The van der Waals surface area contributed by atoms with Gasteiger partial charge in [-0.05, 0) is 12.1 Å². The minimum absolute atomic E-state index is 0.159. The molecule has 1 heterocycles. The molecule has 1 aromatic rings. The molecule has 6 nitrogen and oxygen atoms in total. The van der Waals surface area contributed by atoms with Crippen molar-refractivity contribution in [1.29, 1.82) is 0 Å². The van der Waals surface area contributed by atoms with Crippen molar-refractivity contribution in [3.8, 4) is 0 Å². The normalized spacial score (nSPS) is 19.9. The number of amides is 1. The summed E-state index contributed by atoms with van der Waals surface area (Å²) < 4.78 is 31.3. The first-order chi connectivity index (χ1) is 8.46. The van der Waals surface area contributed by atoms with Crippen LogP contribution in [-0.4, -0.2) is 40.0 Å². The van der Waals surface area contributed by atoms with E-state index in [4.69, 9.17) is 4.74 Å². The maximum Gasteiger partial charge on any atom is 0.414 e. The maximum absolute atomic E-state index is 11.6. The zero-order valence-corrected chi connectivity index (χ0v) is 10.6. The van der Waals surface area contributed by atoms with E-state index in [0.717, 1.165) is 6.26 Å². The summed E-state index contributed by atoms with van der Waals surface area (Å²) in [5.74, 6) is 0.